The Morgan fingerprint density at radius 3 is 2.80 bits per heavy atom. The molecule has 0 bridgehead atoms. The van der Waals surface area contributed by atoms with Crippen LogP contribution in [0.4, 0.5) is 17.3 Å². The highest BCUT2D eigenvalue weighted by Gasteiger charge is 2.21. The SMILES string of the molecule is COC(=O)CN1CCC(Nc2cc3c(Nc4cccc(C)c4)ncnc3cn2)CC1. The van der Waals surface area contributed by atoms with Gasteiger partial charge < -0.3 is 15.4 Å². The number of aryl methyl sites for hydroxylation is 1. The quantitative estimate of drug-likeness (QED) is 0.603. The first-order chi connectivity index (χ1) is 14.6. The van der Waals surface area contributed by atoms with Crippen LogP contribution in [0.3, 0.4) is 0 Å². The summed E-state index contributed by atoms with van der Waals surface area (Å²) in [5.74, 6) is 1.37. The minimum atomic E-state index is -0.189. The maximum Gasteiger partial charge on any atom is 0.319 e. The molecule has 1 aliphatic rings. The van der Waals surface area contributed by atoms with E-state index in [9.17, 15) is 4.79 Å². The molecule has 8 heteroatoms. The molecule has 156 valence electrons. The van der Waals surface area contributed by atoms with Crippen LogP contribution >= 0.6 is 0 Å². The number of nitrogens with one attached hydrogen (secondary N) is 2. The third kappa shape index (κ3) is 4.83. The monoisotopic (exact) mass is 406 g/mol. The summed E-state index contributed by atoms with van der Waals surface area (Å²) in [7, 11) is 1.42. The predicted octanol–water partition coefficient (Wildman–Crippen LogP) is 3.13. The average molecular weight is 406 g/mol. The highest BCUT2D eigenvalue weighted by Crippen LogP contribution is 2.26. The summed E-state index contributed by atoms with van der Waals surface area (Å²) in [5, 5.41) is 7.83. The number of rotatable bonds is 6. The van der Waals surface area contributed by atoms with Crippen molar-refractivity contribution < 1.29 is 9.53 Å². The molecular formula is C22H26N6O2. The molecule has 0 atom stereocenters. The molecule has 0 radical (unpaired) electrons. The van der Waals surface area contributed by atoms with Crippen LogP contribution in [0.25, 0.3) is 10.9 Å². The average Bonchev–Trinajstić information content (AvgIpc) is 2.75. The number of carbonyl (C=O) groups excluding carboxylic acids is 1. The summed E-state index contributed by atoms with van der Waals surface area (Å²) in [6.07, 6.45) is 5.20. The lowest BCUT2D eigenvalue weighted by Crippen LogP contribution is -2.41. The number of pyridine rings is 1. The first-order valence-corrected chi connectivity index (χ1v) is 10.1. The van der Waals surface area contributed by atoms with Gasteiger partial charge in [0.1, 0.15) is 18.0 Å². The van der Waals surface area contributed by atoms with Crippen LogP contribution in [0.1, 0.15) is 18.4 Å². The van der Waals surface area contributed by atoms with E-state index in [-0.39, 0.29) is 5.97 Å². The topological polar surface area (TPSA) is 92.3 Å². The molecule has 0 amide bonds. The van der Waals surface area contributed by atoms with E-state index in [1.807, 2.05) is 18.2 Å². The number of methoxy groups -OCH3 is 1. The zero-order valence-corrected chi connectivity index (χ0v) is 17.3. The molecule has 4 rings (SSSR count). The molecule has 1 fully saturated rings. The first kappa shape index (κ1) is 20.0. The molecule has 3 heterocycles. The Balaban J connectivity index is 1.46. The summed E-state index contributed by atoms with van der Waals surface area (Å²) in [5.41, 5.74) is 2.96. The molecule has 3 aromatic rings. The molecule has 8 nitrogen and oxygen atoms in total. The Hall–Kier alpha value is -3.26. The largest absolute Gasteiger partial charge is 0.468 e. The fourth-order valence-corrected chi connectivity index (χ4v) is 3.69. The normalized spacial score (nSPS) is 15.1. The second kappa shape index (κ2) is 9.04. The van der Waals surface area contributed by atoms with Crippen molar-refractivity contribution in [2.75, 3.05) is 37.4 Å². The Kier molecular flexibility index (Phi) is 6.04. The fraction of sp³-hybridized carbons (Fsp3) is 0.364. The smallest absolute Gasteiger partial charge is 0.319 e. The summed E-state index contributed by atoms with van der Waals surface area (Å²) < 4.78 is 4.75. The predicted molar refractivity (Wildman–Crippen MR) is 117 cm³/mol. The fourth-order valence-electron chi connectivity index (χ4n) is 3.69. The Morgan fingerprint density at radius 1 is 1.20 bits per heavy atom. The van der Waals surface area contributed by atoms with Gasteiger partial charge in [-0.1, -0.05) is 12.1 Å². The minimum absolute atomic E-state index is 0.189. The third-order valence-corrected chi connectivity index (χ3v) is 5.32. The maximum absolute atomic E-state index is 11.5. The van der Waals surface area contributed by atoms with Crippen molar-refractivity contribution in [3.05, 3.63) is 48.4 Å². The molecule has 0 unspecified atom stereocenters. The van der Waals surface area contributed by atoms with Crippen molar-refractivity contribution in [1.82, 2.24) is 19.9 Å². The maximum atomic E-state index is 11.5. The van der Waals surface area contributed by atoms with Gasteiger partial charge in [0, 0.05) is 30.2 Å². The van der Waals surface area contributed by atoms with Crippen molar-refractivity contribution in [1.29, 1.82) is 0 Å². The molecular weight excluding hydrogens is 380 g/mol. The number of hydrogen-bond acceptors (Lipinski definition) is 8. The Labute approximate surface area is 175 Å². The number of piperidine rings is 1. The number of nitrogens with zero attached hydrogens (tertiary/aromatic N) is 4. The Morgan fingerprint density at radius 2 is 2.03 bits per heavy atom. The lowest BCUT2D eigenvalue weighted by molar-refractivity contribution is -0.142. The summed E-state index contributed by atoms with van der Waals surface area (Å²) in [6.45, 7) is 4.11. The number of ether oxygens (including phenoxy) is 1. The van der Waals surface area contributed by atoms with Gasteiger partial charge in [0.05, 0.1) is 25.4 Å². The third-order valence-electron chi connectivity index (χ3n) is 5.32. The van der Waals surface area contributed by atoms with Gasteiger partial charge in [0.15, 0.2) is 0 Å². The van der Waals surface area contributed by atoms with Gasteiger partial charge >= 0.3 is 5.97 Å². The molecule has 0 saturated carbocycles. The molecule has 1 saturated heterocycles. The van der Waals surface area contributed by atoms with Crippen LogP contribution < -0.4 is 10.6 Å². The van der Waals surface area contributed by atoms with E-state index in [2.05, 4.69) is 49.5 Å². The van der Waals surface area contributed by atoms with E-state index in [1.165, 1.54) is 12.7 Å². The second-order valence-electron chi connectivity index (χ2n) is 7.57. The van der Waals surface area contributed by atoms with Crippen molar-refractivity contribution in [3.63, 3.8) is 0 Å². The summed E-state index contributed by atoms with van der Waals surface area (Å²) in [4.78, 5) is 26.9. The van der Waals surface area contributed by atoms with Crippen LogP contribution in [0.5, 0.6) is 0 Å². The zero-order valence-electron chi connectivity index (χ0n) is 17.3. The van der Waals surface area contributed by atoms with Crippen molar-refractivity contribution in [2.45, 2.75) is 25.8 Å². The zero-order chi connectivity index (χ0) is 20.9. The number of esters is 1. The van der Waals surface area contributed by atoms with Gasteiger partial charge in [-0.05, 0) is 43.5 Å². The molecule has 30 heavy (non-hydrogen) atoms. The molecule has 2 N–H and O–H groups in total. The van der Waals surface area contributed by atoms with Crippen LogP contribution in [0.2, 0.25) is 0 Å². The number of likely N-dealkylation sites (tertiary alicyclic amines) is 1. The van der Waals surface area contributed by atoms with E-state index < -0.39 is 0 Å². The summed E-state index contributed by atoms with van der Waals surface area (Å²) in [6, 6.07) is 10.5. The van der Waals surface area contributed by atoms with Gasteiger partial charge in [-0.15, -0.1) is 0 Å². The number of benzene rings is 1. The molecule has 0 aliphatic carbocycles. The van der Waals surface area contributed by atoms with Crippen LogP contribution in [0, 0.1) is 6.92 Å². The second-order valence-corrected chi connectivity index (χ2v) is 7.57. The number of hydrogen-bond donors (Lipinski definition) is 2. The highest BCUT2D eigenvalue weighted by atomic mass is 16.5. The standard InChI is InChI=1S/C22H26N6O2/c1-15-4-3-5-17(10-15)27-22-18-11-20(23-12-19(18)24-14-25-22)26-16-6-8-28(9-7-16)13-21(29)30-2/h3-5,10-12,14,16H,6-9,13H2,1-2H3,(H,23,26)(H,24,25,27). The lowest BCUT2D eigenvalue weighted by Gasteiger charge is -2.31. The van der Waals surface area contributed by atoms with Gasteiger partial charge in [-0.2, -0.15) is 0 Å². The van der Waals surface area contributed by atoms with Crippen molar-refractivity contribution >= 4 is 34.2 Å². The minimum Gasteiger partial charge on any atom is -0.468 e. The lowest BCUT2D eigenvalue weighted by atomic mass is 10.1. The van der Waals surface area contributed by atoms with E-state index in [0.29, 0.717) is 12.6 Å². The van der Waals surface area contributed by atoms with Gasteiger partial charge in [-0.3, -0.25) is 9.69 Å². The first-order valence-electron chi connectivity index (χ1n) is 10.1. The molecule has 1 aromatic carbocycles. The number of fused-ring (bicyclic) bond motifs is 1. The molecule has 0 spiro atoms. The Bertz CT molecular complexity index is 1030. The van der Waals surface area contributed by atoms with Crippen LogP contribution in [-0.2, 0) is 9.53 Å². The van der Waals surface area contributed by atoms with E-state index in [0.717, 1.165) is 54.2 Å². The van der Waals surface area contributed by atoms with E-state index in [4.69, 9.17) is 4.74 Å². The summed E-state index contributed by atoms with van der Waals surface area (Å²) >= 11 is 0. The van der Waals surface area contributed by atoms with Crippen LogP contribution in [-0.4, -0.2) is 58.6 Å². The number of aromatic nitrogens is 3. The molecule has 1 aliphatic heterocycles. The molecule has 2 aromatic heterocycles. The van der Waals surface area contributed by atoms with Gasteiger partial charge in [0.25, 0.3) is 0 Å². The van der Waals surface area contributed by atoms with Gasteiger partial charge in [-0.25, -0.2) is 15.0 Å². The number of carbonyl (C=O) groups is 1. The van der Waals surface area contributed by atoms with Gasteiger partial charge in [0.2, 0.25) is 0 Å². The van der Waals surface area contributed by atoms with Crippen molar-refractivity contribution in [3.8, 4) is 0 Å². The van der Waals surface area contributed by atoms with E-state index >= 15 is 0 Å². The highest BCUT2D eigenvalue weighted by molar-refractivity contribution is 5.91. The van der Waals surface area contributed by atoms with Crippen molar-refractivity contribution in [2.24, 2.45) is 0 Å². The van der Waals surface area contributed by atoms with Crippen LogP contribution in [0.15, 0.2) is 42.9 Å². The van der Waals surface area contributed by atoms with E-state index in [1.54, 1.807) is 12.5 Å². The number of anilines is 3.